The summed E-state index contributed by atoms with van der Waals surface area (Å²) < 4.78 is 13.6. The molecule has 1 amide bonds. The van der Waals surface area contributed by atoms with E-state index in [0.717, 1.165) is 29.7 Å². The van der Waals surface area contributed by atoms with Gasteiger partial charge >= 0.3 is 0 Å². The van der Waals surface area contributed by atoms with Crippen molar-refractivity contribution >= 4 is 22.6 Å². The van der Waals surface area contributed by atoms with Crippen LogP contribution < -0.4 is 10.2 Å². The second-order valence-electron chi connectivity index (χ2n) is 6.82. The Kier molecular flexibility index (Phi) is 4.96. The van der Waals surface area contributed by atoms with Gasteiger partial charge in [-0.3, -0.25) is 4.79 Å². The first-order valence-corrected chi connectivity index (χ1v) is 9.17. The molecule has 1 aromatic heterocycles. The second-order valence-corrected chi connectivity index (χ2v) is 6.82. The molecule has 0 aliphatic carbocycles. The normalized spacial score (nSPS) is 15.1. The lowest BCUT2D eigenvalue weighted by molar-refractivity contribution is -0.125. The maximum atomic E-state index is 13.6. The number of rotatable bonds is 4. The van der Waals surface area contributed by atoms with Crippen molar-refractivity contribution in [2.75, 3.05) is 18.0 Å². The molecule has 6 heteroatoms. The second kappa shape index (κ2) is 7.70. The van der Waals surface area contributed by atoms with Crippen LogP contribution in [0.15, 0.2) is 54.9 Å². The fourth-order valence-electron chi connectivity index (χ4n) is 3.55. The molecule has 3 aromatic rings. The lowest BCUT2D eigenvalue weighted by Crippen LogP contribution is -2.40. The SMILES string of the molecule is O=C(NCc1ccccc1)C1CCN(c2ncnc3ccc(F)cc23)CC1. The van der Waals surface area contributed by atoms with Crippen molar-refractivity contribution in [3.63, 3.8) is 0 Å². The largest absolute Gasteiger partial charge is 0.356 e. The third kappa shape index (κ3) is 3.89. The molecule has 1 aliphatic heterocycles. The van der Waals surface area contributed by atoms with E-state index in [9.17, 15) is 9.18 Å². The molecule has 0 saturated carbocycles. The van der Waals surface area contributed by atoms with Gasteiger partial charge in [0.05, 0.1) is 5.52 Å². The minimum absolute atomic E-state index is 0.00482. The van der Waals surface area contributed by atoms with Gasteiger partial charge in [0.25, 0.3) is 0 Å². The van der Waals surface area contributed by atoms with Crippen LogP contribution in [0.4, 0.5) is 10.2 Å². The summed E-state index contributed by atoms with van der Waals surface area (Å²) in [7, 11) is 0. The standard InChI is InChI=1S/C21H21FN4O/c22-17-6-7-19-18(12-17)20(25-14-24-19)26-10-8-16(9-11-26)21(27)23-13-15-4-2-1-3-5-15/h1-7,12,14,16H,8-11,13H2,(H,23,27). The highest BCUT2D eigenvalue weighted by Gasteiger charge is 2.26. The van der Waals surface area contributed by atoms with Crippen molar-refractivity contribution in [1.82, 2.24) is 15.3 Å². The highest BCUT2D eigenvalue weighted by atomic mass is 19.1. The summed E-state index contributed by atoms with van der Waals surface area (Å²) in [4.78, 5) is 23.2. The van der Waals surface area contributed by atoms with Crippen LogP contribution in [0.25, 0.3) is 10.9 Å². The van der Waals surface area contributed by atoms with Crippen molar-refractivity contribution in [2.24, 2.45) is 5.92 Å². The molecule has 2 aromatic carbocycles. The molecule has 138 valence electrons. The monoisotopic (exact) mass is 364 g/mol. The van der Waals surface area contributed by atoms with Crippen molar-refractivity contribution in [1.29, 1.82) is 0 Å². The Balaban J connectivity index is 1.39. The predicted molar refractivity (Wildman–Crippen MR) is 103 cm³/mol. The predicted octanol–water partition coefficient (Wildman–Crippen LogP) is 3.30. The fraction of sp³-hybridized carbons (Fsp3) is 0.286. The van der Waals surface area contributed by atoms with Gasteiger partial charge in [-0.05, 0) is 36.6 Å². The maximum Gasteiger partial charge on any atom is 0.223 e. The lowest BCUT2D eigenvalue weighted by Gasteiger charge is -2.32. The minimum Gasteiger partial charge on any atom is -0.356 e. The summed E-state index contributed by atoms with van der Waals surface area (Å²) in [5, 5.41) is 3.74. The lowest BCUT2D eigenvalue weighted by atomic mass is 9.95. The van der Waals surface area contributed by atoms with E-state index in [-0.39, 0.29) is 17.6 Å². The Labute approximate surface area is 157 Å². The maximum absolute atomic E-state index is 13.6. The molecule has 5 nitrogen and oxygen atoms in total. The summed E-state index contributed by atoms with van der Waals surface area (Å²) in [6.07, 6.45) is 3.01. The summed E-state index contributed by atoms with van der Waals surface area (Å²) in [5.74, 6) is 0.531. The number of amides is 1. The Bertz CT molecular complexity index is 939. The van der Waals surface area contributed by atoms with Gasteiger partial charge in [-0.1, -0.05) is 30.3 Å². The number of fused-ring (bicyclic) bond motifs is 1. The number of carbonyl (C=O) groups excluding carboxylic acids is 1. The molecule has 0 bridgehead atoms. The van der Waals surface area contributed by atoms with Crippen LogP contribution >= 0.6 is 0 Å². The van der Waals surface area contributed by atoms with E-state index in [1.165, 1.54) is 18.5 Å². The zero-order valence-corrected chi connectivity index (χ0v) is 14.9. The number of nitrogens with zero attached hydrogens (tertiary/aromatic N) is 3. The number of hydrogen-bond donors (Lipinski definition) is 1. The smallest absolute Gasteiger partial charge is 0.223 e. The van der Waals surface area contributed by atoms with Crippen molar-refractivity contribution in [2.45, 2.75) is 19.4 Å². The highest BCUT2D eigenvalue weighted by Crippen LogP contribution is 2.28. The van der Waals surface area contributed by atoms with Crippen LogP contribution in [0.1, 0.15) is 18.4 Å². The summed E-state index contributed by atoms with van der Waals surface area (Å²) in [5.41, 5.74) is 1.82. The van der Waals surface area contributed by atoms with Gasteiger partial charge in [-0.2, -0.15) is 0 Å². The first kappa shape index (κ1) is 17.4. The number of hydrogen-bond acceptors (Lipinski definition) is 4. The Hall–Kier alpha value is -3.02. The number of aromatic nitrogens is 2. The van der Waals surface area contributed by atoms with Crippen LogP contribution in [0.3, 0.4) is 0 Å². The van der Waals surface area contributed by atoms with Gasteiger partial charge in [0, 0.05) is 30.9 Å². The van der Waals surface area contributed by atoms with E-state index in [0.29, 0.717) is 25.0 Å². The quantitative estimate of drug-likeness (QED) is 0.772. The number of piperidine rings is 1. The van der Waals surface area contributed by atoms with Crippen LogP contribution in [0.2, 0.25) is 0 Å². The van der Waals surface area contributed by atoms with Gasteiger partial charge in [-0.15, -0.1) is 0 Å². The van der Waals surface area contributed by atoms with E-state index in [1.54, 1.807) is 6.07 Å². The van der Waals surface area contributed by atoms with Crippen molar-refractivity contribution in [3.8, 4) is 0 Å². The van der Waals surface area contributed by atoms with E-state index >= 15 is 0 Å². The summed E-state index contributed by atoms with van der Waals surface area (Å²) in [6, 6.07) is 14.4. The van der Waals surface area contributed by atoms with Gasteiger partial charge in [0.2, 0.25) is 5.91 Å². The number of carbonyl (C=O) groups is 1. The fourth-order valence-corrected chi connectivity index (χ4v) is 3.55. The summed E-state index contributed by atoms with van der Waals surface area (Å²) in [6.45, 7) is 1.98. The van der Waals surface area contributed by atoms with Crippen LogP contribution in [-0.2, 0) is 11.3 Å². The highest BCUT2D eigenvalue weighted by molar-refractivity contribution is 5.89. The third-order valence-corrected chi connectivity index (χ3v) is 5.05. The van der Waals surface area contributed by atoms with E-state index in [1.807, 2.05) is 30.3 Å². The Morgan fingerprint density at radius 2 is 1.89 bits per heavy atom. The number of anilines is 1. The molecule has 1 aliphatic rings. The van der Waals surface area contributed by atoms with E-state index < -0.39 is 0 Å². The average molecular weight is 364 g/mol. The number of benzene rings is 2. The topological polar surface area (TPSA) is 58.1 Å². The number of halogens is 1. The van der Waals surface area contributed by atoms with Crippen LogP contribution in [0.5, 0.6) is 0 Å². The Morgan fingerprint density at radius 3 is 2.67 bits per heavy atom. The molecule has 1 saturated heterocycles. The third-order valence-electron chi connectivity index (χ3n) is 5.05. The van der Waals surface area contributed by atoms with Crippen LogP contribution in [0, 0.1) is 11.7 Å². The minimum atomic E-state index is -0.297. The molecule has 0 radical (unpaired) electrons. The molecule has 27 heavy (non-hydrogen) atoms. The van der Waals surface area contributed by atoms with Crippen LogP contribution in [-0.4, -0.2) is 29.0 Å². The molecule has 1 N–H and O–H groups in total. The first-order valence-electron chi connectivity index (χ1n) is 9.17. The number of nitrogens with one attached hydrogen (secondary N) is 1. The molecule has 4 rings (SSSR count). The van der Waals surface area contributed by atoms with E-state index in [2.05, 4.69) is 20.2 Å². The van der Waals surface area contributed by atoms with Crippen molar-refractivity contribution in [3.05, 3.63) is 66.2 Å². The molecule has 0 atom stereocenters. The van der Waals surface area contributed by atoms with Gasteiger partial charge in [0.15, 0.2) is 0 Å². The molecular formula is C21H21FN4O. The van der Waals surface area contributed by atoms with E-state index in [4.69, 9.17) is 0 Å². The zero-order valence-electron chi connectivity index (χ0n) is 14.9. The van der Waals surface area contributed by atoms with Crippen molar-refractivity contribution < 1.29 is 9.18 Å². The molecule has 2 heterocycles. The molecule has 0 spiro atoms. The molecular weight excluding hydrogens is 343 g/mol. The Morgan fingerprint density at radius 1 is 1.11 bits per heavy atom. The average Bonchev–Trinajstić information content (AvgIpc) is 2.72. The zero-order chi connectivity index (χ0) is 18.6. The molecule has 1 fully saturated rings. The summed E-state index contributed by atoms with van der Waals surface area (Å²) >= 11 is 0. The molecule has 0 unspecified atom stereocenters. The van der Waals surface area contributed by atoms with Gasteiger partial charge < -0.3 is 10.2 Å². The van der Waals surface area contributed by atoms with Gasteiger partial charge in [-0.25, -0.2) is 14.4 Å². The first-order chi connectivity index (χ1) is 13.2. The van der Waals surface area contributed by atoms with Gasteiger partial charge in [0.1, 0.15) is 18.0 Å².